The normalized spacial score (nSPS) is 10.6. The lowest BCUT2D eigenvalue weighted by molar-refractivity contribution is 0.290. The van der Waals surface area contributed by atoms with Crippen LogP contribution in [0.3, 0.4) is 0 Å². The van der Waals surface area contributed by atoms with Gasteiger partial charge in [0.2, 0.25) is 0 Å². The first kappa shape index (κ1) is 14.5. The van der Waals surface area contributed by atoms with E-state index >= 15 is 0 Å². The summed E-state index contributed by atoms with van der Waals surface area (Å²) in [4.78, 5) is 0. The van der Waals surface area contributed by atoms with Gasteiger partial charge in [0.15, 0.2) is 0 Å². The number of halogens is 4. The fourth-order valence-corrected chi connectivity index (χ4v) is 2.55. The fraction of sp³-hybridized carbons (Fsp3) is 0.143. The smallest absolute Gasteiger partial charge is 0.146 e. The van der Waals surface area contributed by atoms with E-state index < -0.39 is 11.6 Å². The first-order valence-electron chi connectivity index (χ1n) is 5.50. The molecule has 2 aromatic carbocycles. The number of ether oxygens (including phenoxy) is 1. The Kier molecular flexibility index (Phi) is 4.58. The molecule has 100 valence electrons. The second kappa shape index (κ2) is 6.01. The second-order valence-electron chi connectivity index (χ2n) is 4.04. The van der Waals surface area contributed by atoms with Crippen molar-refractivity contribution >= 4 is 31.9 Å². The Morgan fingerprint density at radius 1 is 1.05 bits per heavy atom. The summed E-state index contributed by atoms with van der Waals surface area (Å²) in [5.41, 5.74) is 0.973. The summed E-state index contributed by atoms with van der Waals surface area (Å²) >= 11 is 6.37. The van der Waals surface area contributed by atoms with Gasteiger partial charge in [0.25, 0.3) is 0 Å². The SMILES string of the molecule is Cc1ccc(OCc2c(F)ccc(Br)c2F)c(Br)c1. The summed E-state index contributed by atoms with van der Waals surface area (Å²) in [6.45, 7) is 1.78. The Morgan fingerprint density at radius 2 is 1.79 bits per heavy atom. The number of rotatable bonds is 3. The predicted molar refractivity (Wildman–Crippen MR) is 77.3 cm³/mol. The van der Waals surface area contributed by atoms with Crippen LogP contribution in [0.5, 0.6) is 5.75 Å². The Hall–Kier alpha value is -0.940. The van der Waals surface area contributed by atoms with Gasteiger partial charge in [-0.3, -0.25) is 0 Å². The molecular weight excluding hydrogens is 382 g/mol. The number of benzene rings is 2. The molecule has 0 aliphatic rings. The highest BCUT2D eigenvalue weighted by molar-refractivity contribution is 9.10. The molecule has 0 aliphatic heterocycles. The van der Waals surface area contributed by atoms with Crippen LogP contribution >= 0.6 is 31.9 Å². The molecule has 0 atom stereocenters. The van der Waals surface area contributed by atoms with Crippen molar-refractivity contribution in [3.63, 3.8) is 0 Å². The predicted octanol–water partition coefficient (Wildman–Crippen LogP) is 5.38. The van der Waals surface area contributed by atoms with Gasteiger partial charge in [-0.15, -0.1) is 0 Å². The summed E-state index contributed by atoms with van der Waals surface area (Å²) < 4.78 is 33.7. The molecule has 0 radical (unpaired) electrons. The van der Waals surface area contributed by atoms with E-state index in [-0.39, 0.29) is 16.6 Å². The Bertz CT molecular complexity index is 615. The molecule has 0 saturated carbocycles. The number of hydrogen-bond acceptors (Lipinski definition) is 1. The average Bonchev–Trinajstić information content (AvgIpc) is 2.36. The average molecular weight is 392 g/mol. The van der Waals surface area contributed by atoms with Crippen LogP contribution in [-0.2, 0) is 6.61 Å². The van der Waals surface area contributed by atoms with Gasteiger partial charge in [0.1, 0.15) is 24.0 Å². The van der Waals surface area contributed by atoms with E-state index in [1.54, 1.807) is 6.07 Å². The lowest BCUT2D eigenvalue weighted by Gasteiger charge is -2.11. The van der Waals surface area contributed by atoms with E-state index in [2.05, 4.69) is 31.9 Å². The molecule has 0 saturated heterocycles. The molecular formula is C14H10Br2F2O. The first-order valence-corrected chi connectivity index (χ1v) is 7.09. The maximum Gasteiger partial charge on any atom is 0.146 e. The van der Waals surface area contributed by atoms with Crippen molar-refractivity contribution in [3.05, 3.63) is 62.0 Å². The van der Waals surface area contributed by atoms with Crippen LogP contribution < -0.4 is 4.74 Å². The van der Waals surface area contributed by atoms with Crippen LogP contribution in [0.15, 0.2) is 39.3 Å². The van der Waals surface area contributed by atoms with Gasteiger partial charge in [0, 0.05) is 0 Å². The van der Waals surface area contributed by atoms with E-state index in [9.17, 15) is 8.78 Å². The van der Waals surface area contributed by atoms with Gasteiger partial charge in [-0.1, -0.05) is 6.07 Å². The highest BCUT2D eigenvalue weighted by atomic mass is 79.9. The molecule has 0 fully saturated rings. The minimum absolute atomic E-state index is 0.0955. The van der Waals surface area contributed by atoms with Crippen LogP contribution in [0.2, 0.25) is 0 Å². The summed E-state index contributed by atoms with van der Waals surface area (Å²) in [7, 11) is 0. The van der Waals surface area contributed by atoms with Crippen molar-refractivity contribution in [2.45, 2.75) is 13.5 Å². The maximum absolute atomic E-state index is 13.8. The molecule has 0 heterocycles. The molecule has 5 heteroatoms. The minimum atomic E-state index is -0.636. The highest BCUT2D eigenvalue weighted by Gasteiger charge is 2.13. The zero-order valence-electron chi connectivity index (χ0n) is 10.0. The highest BCUT2D eigenvalue weighted by Crippen LogP contribution is 2.28. The fourth-order valence-electron chi connectivity index (χ4n) is 1.57. The molecule has 0 spiro atoms. The van der Waals surface area contributed by atoms with E-state index in [4.69, 9.17) is 4.74 Å². The molecule has 0 amide bonds. The van der Waals surface area contributed by atoms with Crippen molar-refractivity contribution in [1.82, 2.24) is 0 Å². The minimum Gasteiger partial charge on any atom is -0.488 e. The van der Waals surface area contributed by atoms with E-state index in [0.29, 0.717) is 5.75 Å². The van der Waals surface area contributed by atoms with Crippen LogP contribution in [-0.4, -0.2) is 0 Å². The van der Waals surface area contributed by atoms with Crippen molar-refractivity contribution in [2.24, 2.45) is 0 Å². The van der Waals surface area contributed by atoms with Crippen molar-refractivity contribution in [2.75, 3.05) is 0 Å². The molecule has 0 bridgehead atoms. The Morgan fingerprint density at radius 3 is 2.47 bits per heavy atom. The van der Waals surface area contributed by atoms with Crippen LogP contribution in [0.25, 0.3) is 0 Å². The second-order valence-corrected chi connectivity index (χ2v) is 5.75. The summed E-state index contributed by atoms with van der Waals surface area (Å²) in [6, 6.07) is 8.04. The molecule has 0 aliphatic carbocycles. The topological polar surface area (TPSA) is 9.23 Å². The summed E-state index contributed by atoms with van der Waals surface area (Å²) in [5.74, 6) is -0.712. The maximum atomic E-state index is 13.8. The molecule has 19 heavy (non-hydrogen) atoms. The van der Waals surface area contributed by atoms with Crippen molar-refractivity contribution in [3.8, 4) is 5.75 Å². The van der Waals surface area contributed by atoms with Crippen molar-refractivity contribution < 1.29 is 13.5 Å². The Balaban J connectivity index is 2.21. The Labute approximate surface area is 126 Å². The number of aryl methyl sites for hydroxylation is 1. The third-order valence-corrected chi connectivity index (χ3v) is 3.83. The van der Waals surface area contributed by atoms with E-state index in [0.717, 1.165) is 10.0 Å². The third-order valence-electron chi connectivity index (χ3n) is 2.60. The quantitative estimate of drug-likeness (QED) is 0.638. The zero-order chi connectivity index (χ0) is 14.0. The van der Waals surface area contributed by atoms with Gasteiger partial charge in [0.05, 0.1) is 14.5 Å². The lowest BCUT2D eigenvalue weighted by Crippen LogP contribution is -2.03. The van der Waals surface area contributed by atoms with Gasteiger partial charge in [-0.05, 0) is 68.6 Å². The zero-order valence-corrected chi connectivity index (χ0v) is 13.2. The molecule has 0 N–H and O–H groups in total. The molecule has 1 nitrogen and oxygen atoms in total. The lowest BCUT2D eigenvalue weighted by atomic mass is 10.2. The molecule has 0 unspecified atom stereocenters. The van der Waals surface area contributed by atoms with E-state index in [1.165, 1.54) is 12.1 Å². The van der Waals surface area contributed by atoms with Crippen LogP contribution in [0, 0.1) is 18.6 Å². The standard InChI is InChI=1S/C14H10Br2F2O/c1-8-2-5-13(11(16)6-8)19-7-9-12(17)4-3-10(15)14(9)18/h2-6H,7H2,1H3. The molecule has 2 rings (SSSR count). The first-order chi connectivity index (χ1) is 8.99. The summed E-state index contributed by atoms with van der Waals surface area (Å²) in [6.07, 6.45) is 0. The third kappa shape index (κ3) is 3.34. The van der Waals surface area contributed by atoms with Crippen LogP contribution in [0.4, 0.5) is 8.78 Å². The van der Waals surface area contributed by atoms with Gasteiger partial charge in [-0.2, -0.15) is 0 Å². The van der Waals surface area contributed by atoms with Crippen LogP contribution in [0.1, 0.15) is 11.1 Å². The van der Waals surface area contributed by atoms with Crippen molar-refractivity contribution in [1.29, 1.82) is 0 Å². The number of hydrogen-bond donors (Lipinski definition) is 0. The largest absolute Gasteiger partial charge is 0.488 e. The molecule has 0 aromatic heterocycles. The van der Waals surface area contributed by atoms with Gasteiger partial charge >= 0.3 is 0 Å². The monoisotopic (exact) mass is 390 g/mol. The van der Waals surface area contributed by atoms with Gasteiger partial charge < -0.3 is 4.74 Å². The molecule has 2 aromatic rings. The van der Waals surface area contributed by atoms with E-state index in [1.807, 2.05) is 19.1 Å². The van der Waals surface area contributed by atoms with Gasteiger partial charge in [-0.25, -0.2) is 8.78 Å². The summed E-state index contributed by atoms with van der Waals surface area (Å²) in [5, 5.41) is 0.